The summed E-state index contributed by atoms with van der Waals surface area (Å²) in [5, 5.41) is 3.92. The van der Waals surface area contributed by atoms with Crippen molar-refractivity contribution in [2.24, 2.45) is 0 Å². The van der Waals surface area contributed by atoms with Gasteiger partial charge < -0.3 is 14.8 Å². The van der Waals surface area contributed by atoms with E-state index in [2.05, 4.69) is 45.5 Å². The van der Waals surface area contributed by atoms with E-state index in [-0.39, 0.29) is 5.79 Å². The van der Waals surface area contributed by atoms with Gasteiger partial charge in [0, 0.05) is 33.5 Å². The van der Waals surface area contributed by atoms with Crippen molar-refractivity contribution in [2.75, 3.05) is 20.3 Å². The molecule has 3 nitrogen and oxygen atoms in total. The molecule has 3 rings (SSSR count). The summed E-state index contributed by atoms with van der Waals surface area (Å²) in [6.07, 6.45) is 3.05. The van der Waals surface area contributed by atoms with Crippen molar-refractivity contribution in [1.82, 2.24) is 5.32 Å². The predicted molar refractivity (Wildman–Crippen MR) is 85.1 cm³/mol. The van der Waals surface area contributed by atoms with E-state index in [4.69, 9.17) is 9.47 Å². The normalized spacial score (nSPS) is 28.9. The molecule has 1 saturated carbocycles. The van der Waals surface area contributed by atoms with E-state index in [0.29, 0.717) is 11.3 Å². The number of hydrogen-bond donors (Lipinski definition) is 1. The average Bonchev–Trinajstić information content (AvgIpc) is 2.87. The van der Waals surface area contributed by atoms with Crippen molar-refractivity contribution in [3.05, 3.63) is 28.7 Å². The van der Waals surface area contributed by atoms with Crippen molar-refractivity contribution in [3.63, 3.8) is 0 Å². The maximum Gasteiger partial charge on any atom is 0.169 e. The van der Waals surface area contributed by atoms with Crippen LogP contribution in [0, 0.1) is 0 Å². The molecule has 2 atom stereocenters. The summed E-state index contributed by atoms with van der Waals surface area (Å²) in [4.78, 5) is 1.29. The summed E-state index contributed by atoms with van der Waals surface area (Å²) < 4.78 is 12.9. The minimum atomic E-state index is -0.322. The smallest absolute Gasteiger partial charge is 0.169 e. The highest BCUT2D eigenvalue weighted by atomic mass is 79.9. The van der Waals surface area contributed by atoms with Crippen LogP contribution in [0.4, 0.5) is 0 Å². The molecule has 2 unspecified atom stereocenters. The molecule has 5 heteroatoms. The maximum atomic E-state index is 5.89. The fraction of sp³-hybridized carbons (Fsp3) is 0.600. The Bertz CT molecular complexity index is 465. The van der Waals surface area contributed by atoms with Gasteiger partial charge in [-0.05, 0) is 31.7 Å². The van der Waals surface area contributed by atoms with E-state index < -0.39 is 0 Å². The minimum Gasteiger partial charge on any atom is -0.347 e. The number of halogens is 1. The Hall–Kier alpha value is -0.0700. The van der Waals surface area contributed by atoms with Crippen LogP contribution in [-0.2, 0) is 9.47 Å². The molecule has 2 aliphatic rings. The summed E-state index contributed by atoms with van der Waals surface area (Å²) in [6, 6.07) is 9.00. The summed E-state index contributed by atoms with van der Waals surface area (Å²) >= 11 is 5.46. The van der Waals surface area contributed by atoms with E-state index in [1.165, 1.54) is 4.90 Å². The van der Waals surface area contributed by atoms with Gasteiger partial charge >= 0.3 is 0 Å². The van der Waals surface area contributed by atoms with Crippen molar-refractivity contribution >= 4 is 27.7 Å². The summed E-state index contributed by atoms with van der Waals surface area (Å²) in [6.45, 7) is 1.47. The Morgan fingerprint density at radius 3 is 2.85 bits per heavy atom. The lowest BCUT2D eigenvalue weighted by molar-refractivity contribution is -0.177. The average molecular weight is 358 g/mol. The van der Waals surface area contributed by atoms with Gasteiger partial charge in [0.15, 0.2) is 5.79 Å². The number of ether oxygens (including phenoxy) is 2. The first-order chi connectivity index (χ1) is 9.71. The lowest BCUT2D eigenvalue weighted by Gasteiger charge is -2.40. The molecule has 1 aliphatic carbocycles. The van der Waals surface area contributed by atoms with Gasteiger partial charge in [0.2, 0.25) is 0 Å². The molecule has 1 heterocycles. The molecule has 1 N–H and O–H groups in total. The highest BCUT2D eigenvalue weighted by Crippen LogP contribution is 2.42. The molecule has 0 aromatic heterocycles. The maximum absolute atomic E-state index is 5.89. The Labute approximate surface area is 132 Å². The van der Waals surface area contributed by atoms with Crippen LogP contribution in [0.5, 0.6) is 0 Å². The van der Waals surface area contributed by atoms with Crippen LogP contribution in [0.25, 0.3) is 0 Å². The third kappa shape index (κ3) is 3.22. The standard InChI is InChI=1S/C15H20BrNO2S/c1-17-13-5-6-15(18-7-8-19-15)10-14(13)20-12-4-2-3-11(16)9-12/h2-4,9,13-14,17H,5-8,10H2,1H3. The molecule has 0 bridgehead atoms. The van der Waals surface area contributed by atoms with Gasteiger partial charge in [-0.3, -0.25) is 0 Å². The topological polar surface area (TPSA) is 30.5 Å². The monoisotopic (exact) mass is 357 g/mol. The molecule has 110 valence electrons. The van der Waals surface area contributed by atoms with Gasteiger partial charge in [-0.25, -0.2) is 0 Å². The van der Waals surface area contributed by atoms with Gasteiger partial charge in [-0.1, -0.05) is 22.0 Å². The van der Waals surface area contributed by atoms with Crippen LogP contribution in [-0.4, -0.2) is 37.3 Å². The van der Waals surface area contributed by atoms with Gasteiger partial charge in [-0.15, -0.1) is 11.8 Å². The van der Waals surface area contributed by atoms with Gasteiger partial charge in [0.25, 0.3) is 0 Å². The number of hydrogen-bond acceptors (Lipinski definition) is 4. The van der Waals surface area contributed by atoms with Crippen LogP contribution in [0.2, 0.25) is 0 Å². The molecule has 20 heavy (non-hydrogen) atoms. The number of nitrogens with one attached hydrogen (secondary N) is 1. The van der Waals surface area contributed by atoms with E-state index in [1.54, 1.807) is 0 Å². The summed E-state index contributed by atoms with van der Waals surface area (Å²) in [7, 11) is 2.05. The molecule has 1 aliphatic heterocycles. The SMILES string of the molecule is CNC1CCC2(CC1Sc1cccc(Br)c1)OCCO2. The van der Waals surface area contributed by atoms with Crippen molar-refractivity contribution in [3.8, 4) is 0 Å². The van der Waals surface area contributed by atoms with E-state index in [1.807, 2.05) is 18.8 Å². The second-order valence-corrected chi connectivity index (χ2v) is 7.59. The highest BCUT2D eigenvalue weighted by molar-refractivity contribution is 9.10. The summed E-state index contributed by atoms with van der Waals surface area (Å²) in [5.74, 6) is -0.322. The first-order valence-corrected chi connectivity index (χ1v) is 8.75. The molecule has 1 saturated heterocycles. The van der Waals surface area contributed by atoms with Crippen LogP contribution < -0.4 is 5.32 Å². The first kappa shape index (κ1) is 14.9. The second-order valence-electron chi connectivity index (χ2n) is 5.36. The largest absolute Gasteiger partial charge is 0.347 e. The van der Waals surface area contributed by atoms with Gasteiger partial charge in [0.05, 0.1) is 13.2 Å². The highest BCUT2D eigenvalue weighted by Gasteiger charge is 2.45. The van der Waals surface area contributed by atoms with Crippen molar-refractivity contribution < 1.29 is 9.47 Å². The number of rotatable bonds is 3. The first-order valence-electron chi connectivity index (χ1n) is 7.08. The Morgan fingerprint density at radius 1 is 1.35 bits per heavy atom. The zero-order chi connectivity index (χ0) is 14.0. The molecule has 0 radical (unpaired) electrons. The molecule has 1 aromatic carbocycles. The van der Waals surface area contributed by atoms with Crippen molar-refractivity contribution in [1.29, 1.82) is 0 Å². The van der Waals surface area contributed by atoms with Crippen molar-refractivity contribution in [2.45, 2.75) is 41.2 Å². The van der Waals surface area contributed by atoms with E-state index >= 15 is 0 Å². The quantitative estimate of drug-likeness (QED) is 0.897. The van der Waals surface area contributed by atoms with Crippen LogP contribution in [0.3, 0.4) is 0 Å². The van der Waals surface area contributed by atoms with E-state index in [0.717, 1.165) is 36.9 Å². The van der Waals surface area contributed by atoms with Crippen LogP contribution in [0.15, 0.2) is 33.6 Å². The van der Waals surface area contributed by atoms with Crippen LogP contribution >= 0.6 is 27.7 Å². The Balaban J connectivity index is 1.74. The molecule has 1 aromatic rings. The lowest BCUT2D eigenvalue weighted by Crippen LogP contribution is -2.48. The third-order valence-corrected chi connectivity index (χ3v) is 5.88. The molecule has 1 spiro atoms. The summed E-state index contributed by atoms with van der Waals surface area (Å²) in [5.41, 5.74) is 0. The number of benzene rings is 1. The lowest BCUT2D eigenvalue weighted by atomic mass is 9.89. The van der Waals surface area contributed by atoms with Gasteiger partial charge in [-0.2, -0.15) is 0 Å². The minimum absolute atomic E-state index is 0.322. The molecular formula is C15H20BrNO2S. The van der Waals surface area contributed by atoms with Gasteiger partial charge in [0.1, 0.15) is 0 Å². The molecular weight excluding hydrogens is 338 g/mol. The zero-order valence-electron chi connectivity index (χ0n) is 11.6. The molecule has 2 fully saturated rings. The van der Waals surface area contributed by atoms with Crippen LogP contribution in [0.1, 0.15) is 19.3 Å². The predicted octanol–water partition coefficient (Wildman–Crippen LogP) is 3.42. The van der Waals surface area contributed by atoms with E-state index in [9.17, 15) is 0 Å². The zero-order valence-corrected chi connectivity index (χ0v) is 14.0. The fourth-order valence-corrected chi connectivity index (χ4v) is 5.07. The second kappa shape index (κ2) is 6.36. The number of thioether (sulfide) groups is 1. The fourth-order valence-electron chi connectivity index (χ4n) is 3.04. The Morgan fingerprint density at radius 2 is 2.15 bits per heavy atom. The molecule has 0 amide bonds. The Kier molecular flexibility index (Phi) is 4.72. The third-order valence-electron chi connectivity index (χ3n) is 4.07.